The Kier molecular flexibility index (Phi) is 7.06. The number of benzene rings is 1. The second-order valence-electron chi connectivity index (χ2n) is 8.19. The maximum Gasteiger partial charge on any atom is 0.303 e. The topological polar surface area (TPSA) is 86.7 Å². The van der Waals surface area contributed by atoms with Crippen LogP contribution in [-0.2, 0) is 9.59 Å². The summed E-state index contributed by atoms with van der Waals surface area (Å²) >= 11 is 11.9. The van der Waals surface area contributed by atoms with E-state index >= 15 is 0 Å². The number of carbonyl (C=O) groups is 3. The Bertz CT molecular complexity index is 773. The Balaban J connectivity index is 1.71. The van der Waals surface area contributed by atoms with Crippen LogP contribution in [-0.4, -0.2) is 46.9 Å². The second-order valence-corrected chi connectivity index (χ2v) is 9.06. The largest absolute Gasteiger partial charge is 0.481 e. The molecule has 8 heteroatoms. The first-order valence-electron chi connectivity index (χ1n) is 10.1. The van der Waals surface area contributed by atoms with Crippen molar-refractivity contribution in [3.8, 4) is 0 Å². The van der Waals surface area contributed by atoms with Crippen LogP contribution in [0.2, 0.25) is 10.0 Å². The van der Waals surface area contributed by atoms with Gasteiger partial charge in [-0.2, -0.15) is 0 Å². The van der Waals surface area contributed by atoms with Crippen LogP contribution in [0.15, 0.2) is 18.2 Å². The fraction of sp³-hybridized carbons (Fsp3) is 0.571. The first-order valence-corrected chi connectivity index (χ1v) is 10.8. The Morgan fingerprint density at radius 2 is 1.72 bits per heavy atom. The maximum absolute atomic E-state index is 13.2. The summed E-state index contributed by atoms with van der Waals surface area (Å²) in [5, 5.41) is 12.4. The summed E-state index contributed by atoms with van der Waals surface area (Å²) in [5.74, 6) is -1.71. The number of carboxylic acid groups (broad SMARTS) is 1. The van der Waals surface area contributed by atoms with Crippen LogP contribution in [0.1, 0.15) is 61.7 Å². The summed E-state index contributed by atoms with van der Waals surface area (Å²) in [7, 11) is 0. The number of nitrogens with zero attached hydrogens (tertiary/aromatic N) is 1. The van der Waals surface area contributed by atoms with Crippen molar-refractivity contribution in [3.63, 3.8) is 0 Å². The molecular weight excluding hydrogens is 415 g/mol. The normalized spacial score (nSPS) is 19.2. The van der Waals surface area contributed by atoms with E-state index in [1.54, 1.807) is 4.90 Å². The number of halogens is 2. The van der Waals surface area contributed by atoms with E-state index in [9.17, 15) is 14.4 Å². The van der Waals surface area contributed by atoms with E-state index in [1.165, 1.54) is 37.5 Å². The molecule has 1 aromatic rings. The van der Waals surface area contributed by atoms with Gasteiger partial charge in [-0.05, 0) is 49.3 Å². The molecule has 1 aliphatic heterocycles. The summed E-state index contributed by atoms with van der Waals surface area (Å²) in [4.78, 5) is 38.7. The highest BCUT2D eigenvalue weighted by atomic mass is 35.5. The molecule has 0 bridgehead atoms. The summed E-state index contributed by atoms with van der Waals surface area (Å²) < 4.78 is 0. The van der Waals surface area contributed by atoms with Crippen LogP contribution in [0.3, 0.4) is 0 Å². The number of carbonyl (C=O) groups excluding carboxylic acids is 2. The standard InChI is InChI=1S/C21H26Cl2N2O4/c22-15-10-14(11-16(23)12-15)19(28)24-17(4-5-18(26)27)20(29)25-9-8-21(13-25)6-2-1-3-7-21/h10-12,17H,1-9,13H2,(H,24,28)(H,26,27). The van der Waals surface area contributed by atoms with Gasteiger partial charge in [0.25, 0.3) is 5.91 Å². The molecular formula is C21H26Cl2N2O4. The van der Waals surface area contributed by atoms with Crippen molar-refractivity contribution in [3.05, 3.63) is 33.8 Å². The predicted octanol–water partition coefficient (Wildman–Crippen LogP) is 4.14. The van der Waals surface area contributed by atoms with E-state index in [2.05, 4.69) is 5.32 Å². The Hall–Kier alpha value is -1.79. The first kappa shape index (κ1) is 21.9. The molecule has 1 heterocycles. The maximum atomic E-state index is 13.2. The molecule has 0 aromatic heterocycles. The smallest absolute Gasteiger partial charge is 0.303 e. The van der Waals surface area contributed by atoms with Gasteiger partial charge < -0.3 is 15.3 Å². The van der Waals surface area contributed by atoms with E-state index in [1.807, 2.05) is 0 Å². The van der Waals surface area contributed by atoms with Crippen LogP contribution in [0.5, 0.6) is 0 Å². The van der Waals surface area contributed by atoms with Crippen molar-refractivity contribution in [1.29, 1.82) is 0 Å². The fourth-order valence-electron chi connectivity index (χ4n) is 4.51. The van der Waals surface area contributed by atoms with E-state index in [4.69, 9.17) is 28.3 Å². The minimum atomic E-state index is -1.01. The van der Waals surface area contributed by atoms with Crippen molar-refractivity contribution in [2.75, 3.05) is 13.1 Å². The van der Waals surface area contributed by atoms with Gasteiger partial charge in [-0.15, -0.1) is 0 Å². The van der Waals surface area contributed by atoms with Crippen molar-refractivity contribution in [1.82, 2.24) is 10.2 Å². The van der Waals surface area contributed by atoms with Crippen molar-refractivity contribution < 1.29 is 19.5 Å². The molecule has 1 saturated heterocycles. The Labute approximate surface area is 180 Å². The minimum Gasteiger partial charge on any atom is -0.481 e. The lowest BCUT2D eigenvalue weighted by Gasteiger charge is -2.33. The molecule has 2 N–H and O–H groups in total. The van der Waals surface area contributed by atoms with Gasteiger partial charge >= 0.3 is 5.97 Å². The average molecular weight is 441 g/mol. The lowest BCUT2D eigenvalue weighted by atomic mass is 9.73. The number of nitrogens with one attached hydrogen (secondary N) is 1. The molecule has 0 radical (unpaired) electrons. The van der Waals surface area contributed by atoms with Crippen molar-refractivity contribution in [2.24, 2.45) is 5.41 Å². The number of hydrogen-bond donors (Lipinski definition) is 2. The molecule has 1 aromatic carbocycles. The van der Waals surface area contributed by atoms with Gasteiger partial charge in [0, 0.05) is 35.1 Å². The number of aliphatic carboxylic acids is 1. The van der Waals surface area contributed by atoms with Gasteiger partial charge in [-0.1, -0.05) is 42.5 Å². The first-order chi connectivity index (χ1) is 13.8. The van der Waals surface area contributed by atoms with Crippen LogP contribution in [0, 0.1) is 5.41 Å². The molecule has 1 unspecified atom stereocenters. The summed E-state index contributed by atoms with van der Waals surface area (Å²) in [6, 6.07) is 3.55. The molecule has 1 aliphatic carbocycles. The Morgan fingerprint density at radius 1 is 1.07 bits per heavy atom. The van der Waals surface area contributed by atoms with Crippen LogP contribution in [0.25, 0.3) is 0 Å². The molecule has 3 rings (SSSR count). The van der Waals surface area contributed by atoms with Gasteiger partial charge in [0.2, 0.25) is 5.91 Å². The zero-order valence-corrected chi connectivity index (χ0v) is 17.8. The summed E-state index contributed by atoms with van der Waals surface area (Å²) in [6.45, 7) is 1.34. The molecule has 1 atom stereocenters. The van der Waals surface area contributed by atoms with E-state index in [-0.39, 0.29) is 29.7 Å². The third-order valence-electron chi connectivity index (χ3n) is 6.04. The summed E-state index contributed by atoms with van der Waals surface area (Å²) in [6.07, 6.45) is 6.70. The second kappa shape index (κ2) is 9.35. The van der Waals surface area contributed by atoms with Crippen LogP contribution in [0.4, 0.5) is 0 Å². The molecule has 1 spiro atoms. The molecule has 2 amide bonds. The van der Waals surface area contributed by atoms with Gasteiger partial charge in [0.05, 0.1) is 0 Å². The number of likely N-dealkylation sites (tertiary alicyclic amines) is 1. The molecule has 2 aliphatic rings. The van der Waals surface area contributed by atoms with Gasteiger partial charge in [0.15, 0.2) is 0 Å². The quantitative estimate of drug-likeness (QED) is 0.695. The molecule has 6 nitrogen and oxygen atoms in total. The van der Waals surface area contributed by atoms with E-state index in [0.29, 0.717) is 23.1 Å². The van der Waals surface area contributed by atoms with Gasteiger partial charge in [0.1, 0.15) is 6.04 Å². The SMILES string of the molecule is O=C(O)CCC(NC(=O)c1cc(Cl)cc(Cl)c1)C(=O)N1CCC2(CCCCC2)C1. The Morgan fingerprint density at radius 3 is 2.34 bits per heavy atom. The highest BCUT2D eigenvalue weighted by Crippen LogP contribution is 2.43. The number of carboxylic acids is 1. The monoisotopic (exact) mass is 440 g/mol. The average Bonchev–Trinajstić information content (AvgIpc) is 3.07. The lowest BCUT2D eigenvalue weighted by Crippen LogP contribution is -2.48. The van der Waals surface area contributed by atoms with Gasteiger partial charge in [-0.3, -0.25) is 14.4 Å². The van der Waals surface area contributed by atoms with E-state index < -0.39 is 17.9 Å². The minimum absolute atomic E-state index is 0.0394. The number of rotatable bonds is 6. The third-order valence-corrected chi connectivity index (χ3v) is 6.48. The molecule has 1 saturated carbocycles. The van der Waals surface area contributed by atoms with E-state index in [0.717, 1.165) is 19.3 Å². The number of amides is 2. The predicted molar refractivity (Wildman–Crippen MR) is 111 cm³/mol. The molecule has 29 heavy (non-hydrogen) atoms. The van der Waals surface area contributed by atoms with Crippen molar-refractivity contribution >= 4 is 41.0 Å². The number of hydrogen-bond acceptors (Lipinski definition) is 3. The zero-order valence-electron chi connectivity index (χ0n) is 16.3. The molecule has 2 fully saturated rings. The van der Waals surface area contributed by atoms with Crippen LogP contribution >= 0.6 is 23.2 Å². The highest BCUT2D eigenvalue weighted by molar-refractivity contribution is 6.35. The fourth-order valence-corrected chi connectivity index (χ4v) is 5.03. The summed E-state index contributed by atoms with van der Waals surface area (Å²) in [5.41, 5.74) is 0.427. The molecule has 158 valence electrons. The lowest BCUT2D eigenvalue weighted by molar-refractivity contribution is -0.137. The third kappa shape index (κ3) is 5.64. The highest BCUT2D eigenvalue weighted by Gasteiger charge is 2.42. The van der Waals surface area contributed by atoms with Gasteiger partial charge in [-0.25, -0.2) is 0 Å². The van der Waals surface area contributed by atoms with Crippen LogP contribution < -0.4 is 5.32 Å². The van der Waals surface area contributed by atoms with Crippen molar-refractivity contribution in [2.45, 2.75) is 57.4 Å². The zero-order chi connectivity index (χ0) is 21.0.